The highest BCUT2D eigenvalue weighted by Gasteiger charge is 2.62. The Morgan fingerprint density at radius 2 is 1.67 bits per heavy atom. The van der Waals surface area contributed by atoms with Crippen LogP contribution in [0.25, 0.3) is 0 Å². The van der Waals surface area contributed by atoms with Gasteiger partial charge in [0.25, 0.3) is 0 Å². The van der Waals surface area contributed by atoms with E-state index in [-0.39, 0.29) is 41.3 Å². The summed E-state index contributed by atoms with van der Waals surface area (Å²) in [6, 6.07) is 5.72. The molecule has 1 aromatic rings. The first-order valence-electron chi connectivity index (χ1n) is 9.20. The predicted octanol–water partition coefficient (Wildman–Crippen LogP) is 2.59. The lowest BCUT2D eigenvalue weighted by atomic mass is 9.81. The summed E-state index contributed by atoms with van der Waals surface area (Å²) >= 11 is 3.29. The maximum absolute atomic E-state index is 12.8. The van der Waals surface area contributed by atoms with Gasteiger partial charge in [-0.3, -0.25) is 19.3 Å². The summed E-state index contributed by atoms with van der Waals surface area (Å²) in [6.45, 7) is 1.07. The molecule has 0 radical (unpaired) electrons. The Balaban J connectivity index is 1.39. The van der Waals surface area contributed by atoms with Gasteiger partial charge in [-0.25, -0.2) is 4.79 Å². The zero-order valence-corrected chi connectivity index (χ0v) is 16.5. The minimum Gasteiger partial charge on any atom is -0.456 e. The molecule has 6 nitrogen and oxygen atoms in total. The monoisotopic (exact) mass is 433 g/mol. The lowest BCUT2D eigenvalue weighted by Crippen LogP contribution is -2.45. The van der Waals surface area contributed by atoms with E-state index in [1.165, 1.54) is 6.92 Å². The molecule has 3 fully saturated rings. The van der Waals surface area contributed by atoms with Crippen LogP contribution in [0.1, 0.15) is 36.5 Å². The average Bonchev–Trinajstić information content (AvgIpc) is 3.33. The lowest BCUT2D eigenvalue weighted by Gasteiger charge is -2.22. The van der Waals surface area contributed by atoms with Crippen molar-refractivity contribution in [2.24, 2.45) is 23.7 Å². The number of hydrogen-bond donors (Lipinski definition) is 0. The van der Waals surface area contributed by atoms with E-state index in [0.29, 0.717) is 5.56 Å². The molecule has 2 bridgehead atoms. The maximum atomic E-state index is 12.8. The van der Waals surface area contributed by atoms with Crippen LogP contribution >= 0.6 is 15.9 Å². The SMILES string of the molecule is C[C@H](C(=O)OCC(=O)c1ccc(Br)cc1)N1C(=O)[C@H]2[C@H]3CC[C@@H](C3)[C@@H]2C1=O. The van der Waals surface area contributed by atoms with Crippen molar-refractivity contribution in [3.63, 3.8) is 0 Å². The van der Waals surface area contributed by atoms with Crippen molar-refractivity contribution in [3.05, 3.63) is 34.3 Å². The number of ether oxygens (including phenoxy) is 1. The van der Waals surface area contributed by atoms with Crippen molar-refractivity contribution >= 4 is 39.5 Å². The van der Waals surface area contributed by atoms with Gasteiger partial charge in [0.05, 0.1) is 11.8 Å². The lowest BCUT2D eigenvalue weighted by molar-refractivity contribution is -0.157. The van der Waals surface area contributed by atoms with Crippen molar-refractivity contribution in [1.29, 1.82) is 0 Å². The Bertz CT molecular complexity index is 792. The molecule has 0 unspecified atom stereocenters. The van der Waals surface area contributed by atoms with Gasteiger partial charge >= 0.3 is 5.97 Å². The van der Waals surface area contributed by atoms with Crippen LogP contribution < -0.4 is 0 Å². The second-order valence-corrected chi connectivity index (χ2v) is 8.56. The van der Waals surface area contributed by atoms with Crippen LogP contribution in [-0.4, -0.2) is 41.1 Å². The highest BCUT2D eigenvalue weighted by atomic mass is 79.9. The summed E-state index contributed by atoms with van der Waals surface area (Å²) in [5, 5.41) is 0. The number of imide groups is 1. The minimum absolute atomic E-state index is 0.249. The number of esters is 1. The highest BCUT2D eigenvalue weighted by molar-refractivity contribution is 9.10. The Morgan fingerprint density at radius 1 is 1.11 bits per heavy atom. The molecule has 142 valence electrons. The van der Waals surface area contributed by atoms with E-state index in [1.54, 1.807) is 24.3 Å². The fourth-order valence-electron chi connectivity index (χ4n) is 4.90. The largest absolute Gasteiger partial charge is 0.456 e. The number of carbonyl (C=O) groups is 4. The molecule has 0 N–H and O–H groups in total. The third kappa shape index (κ3) is 3.02. The first-order valence-corrected chi connectivity index (χ1v) is 10.00. The normalized spacial score (nSPS) is 29.8. The van der Waals surface area contributed by atoms with E-state index in [1.807, 2.05) is 0 Å². The average molecular weight is 434 g/mol. The Morgan fingerprint density at radius 3 is 2.22 bits per heavy atom. The number of likely N-dealkylation sites (tertiary alicyclic amines) is 1. The number of halogens is 1. The van der Waals surface area contributed by atoms with Gasteiger partial charge in [-0.15, -0.1) is 0 Å². The number of benzene rings is 1. The second kappa shape index (κ2) is 6.86. The molecule has 1 aliphatic heterocycles. The summed E-state index contributed by atoms with van der Waals surface area (Å²) < 4.78 is 5.95. The molecule has 7 heteroatoms. The van der Waals surface area contributed by atoms with Crippen molar-refractivity contribution in [1.82, 2.24) is 4.90 Å². The van der Waals surface area contributed by atoms with Crippen LogP contribution in [0, 0.1) is 23.7 Å². The van der Waals surface area contributed by atoms with Crippen LogP contribution in [0.5, 0.6) is 0 Å². The van der Waals surface area contributed by atoms with Crippen molar-refractivity contribution < 1.29 is 23.9 Å². The van der Waals surface area contributed by atoms with Crippen LogP contribution in [-0.2, 0) is 19.1 Å². The van der Waals surface area contributed by atoms with Crippen LogP contribution in [0.15, 0.2) is 28.7 Å². The summed E-state index contributed by atoms with van der Waals surface area (Å²) in [4.78, 5) is 51.1. The van der Waals surface area contributed by atoms with Gasteiger partial charge in [-0.05, 0) is 50.2 Å². The van der Waals surface area contributed by atoms with Gasteiger partial charge in [0.1, 0.15) is 6.04 Å². The molecule has 0 aromatic heterocycles. The molecule has 0 spiro atoms. The number of rotatable bonds is 5. The number of amides is 2. The van der Waals surface area contributed by atoms with E-state index in [9.17, 15) is 19.2 Å². The van der Waals surface area contributed by atoms with Crippen LogP contribution in [0.3, 0.4) is 0 Å². The molecule has 1 saturated heterocycles. The zero-order chi connectivity index (χ0) is 19.3. The quantitative estimate of drug-likeness (QED) is 0.404. The number of carbonyl (C=O) groups excluding carboxylic acids is 4. The van der Waals surface area contributed by atoms with Gasteiger partial charge in [0.2, 0.25) is 11.8 Å². The van der Waals surface area contributed by atoms with Crippen molar-refractivity contribution in [3.8, 4) is 0 Å². The molecule has 5 atom stereocenters. The molecular formula is C20H20BrNO5. The summed E-state index contributed by atoms with van der Waals surface area (Å²) in [5.74, 6) is -1.56. The molecule has 2 amide bonds. The molecule has 2 aliphatic carbocycles. The molecule has 27 heavy (non-hydrogen) atoms. The topological polar surface area (TPSA) is 80.8 Å². The number of hydrogen-bond acceptors (Lipinski definition) is 5. The van der Waals surface area contributed by atoms with E-state index in [0.717, 1.165) is 28.6 Å². The Hall–Kier alpha value is -2.02. The van der Waals surface area contributed by atoms with Crippen molar-refractivity contribution in [2.75, 3.05) is 6.61 Å². The smallest absolute Gasteiger partial charge is 0.329 e. The molecule has 2 saturated carbocycles. The third-order valence-electron chi connectivity index (χ3n) is 6.20. The zero-order valence-electron chi connectivity index (χ0n) is 14.9. The number of ketones is 1. The highest BCUT2D eigenvalue weighted by Crippen LogP contribution is 2.56. The molecule has 3 aliphatic rings. The fraction of sp³-hybridized carbons (Fsp3) is 0.500. The number of fused-ring (bicyclic) bond motifs is 5. The third-order valence-corrected chi connectivity index (χ3v) is 6.73. The van der Waals surface area contributed by atoms with Crippen LogP contribution in [0.2, 0.25) is 0 Å². The Labute approximate surface area is 165 Å². The summed E-state index contributed by atoms with van der Waals surface area (Å²) in [6.07, 6.45) is 2.92. The number of Topliss-reactive ketones (excluding diaryl/α,β-unsaturated/α-hetero) is 1. The molecule has 1 heterocycles. The summed E-state index contributed by atoms with van der Waals surface area (Å²) in [7, 11) is 0. The standard InChI is InChI=1S/C20H20BrNO5/c1-10(20(26)27-9-15(23)11-4-6-14(21)7-5-11)22-18(24)16-12-2-3-13(8-12)17(16)19(22)25/h4-7,10,12-13,16-17H,2-3,8-9H2,1H3/t10-,12+,13+,16+,17+/m1/s1. The molecule has 1 aromatic carbocycles. The number of nitrogens with zero attached hydrogens (tertiary/aromatic N) is 1. The van der Waals surface area contributed by atoms with E-state index in [4.69, 9.17) is 4.74 Å². The van der Waals surface area contributed by atoms with Gasteiger partial charge in [-0.2, -0.15) is 0 Å². The maximum Gasteiger partial charge on any atom is 0.329 e. The first-order chi connectivity index (χ1) is 12.9. The minimum atomic E-state index is -1.01. The van der Waals surface area contributed by atoms with Gasteiger partial charge in [-0.1, -0.05) is 28.1 Å². The van der Waals surface area contributed by atoms with Crippen LogP contribution in [0.4, 0.5) is 0 Å². The van der Waals surface area contributed by atoms with Gasteiger partial charge in [0, 0.05) is 10.0 Å². The van der Waals surface area contributed by atoms with Gasteiger partial charge < -0.3 is 4.74 Å². The fourth-order valence-corrected chi connectivity index (χ4v) is 5.16. The van der Waals surface area contributed by atoms with E-state index >= 15 is 0 Å². The first kappa shape index (κ1) is 18.3. The summed E-state index contributed by atoms with van der Waals surface area (Å²) in [5.41, 5.74) is 0.429. The van der Waals surface area contributed by atoms with E-state index in [2.05, 4.69) is 15.9 Å². The van der Waals surface area contributed by atoms with E-state index < -0.39 is 18.6 Å². The molecular weight excluding hydrogens is 414 g/mol. The predicted molar refractivity (Wildman–Crippen MR) is 98.6 cm³/mol. The van der Waals surface area contributed by atoms with Gasteiger partial charge in [0.15, 0.2) is 12.4 Å². The van der Waals surface area contributed by atoms with Crippen molar-refractivity contribution in [2.45, 2.75) is 32.2 Å². The second-order valence-electron chi connectivity index (χ2n) is 7.65. The Kier molecular flexibility index (Phi) is 4.66. The molecule has 4 rings (SSSR count).